The van der Waals surface area contributed by atoms with E-state index in [0.717, 1.165) is 18.3 Å². The minimum atomic E-state index is 0.418. The summed E-state index contributed by atoms with van der Waals surface area (Å²) in [4.78, 5) is 10.8. The van der Waals surface area contributed by atoms with Gasteiger partial charge in [-0.25, -0.2) is 9.97 Å². The number of thiol groups is 1. The molecule has 0 saturated carbocycles. The Labute approximate surface area is 225 Å². The van der Waals surface area contributed by atoms with Crippen LogP contribution in [0.1, 0.15) is 0 Å². The Morgan fingerprint density at radius 1 is 0.613 bits per heavy atom. The molecule has 0 unspecified atom stereocenters. The average Bonchev–Trinajstić information content (AvgIpc) is 2.68. The maximum atomic E-state index is 5.81. The molecule has 0 spiro atoms. The molecule has 160 valence electrons. The Balaban J connectivity index is 0.000000181. The molecule has 0 aliphatic heterocycles. The third kappa shape index (κ3) is 11.7. The number of nitrogens with zero attached hydrogens (tertiary/aromatic N) is 2. The Hall–Kier alpha value is -0.670. The molecule has 0 amide bonds. The lowest BCUT2D eigenvalue weighted by molar-refractivity contribution is 1.26. The molecule has 2 heterocycles. The van der Waals surface area contributed by atoms with E-state index >= 15 is 0 Å². The van der Waals surface area contributed by atoms with Gasteiger partial charge in [0.05, 0.1) is 0 Å². The van der Waals surface area contributed by atoms with Gasteiger partial charge in [0.25, 0.3) is 0 Å². The molecule has 0 bridgehead atoms. The summed E-state index contributed by atoms with van der Waals surface area (Å²) in [6.07, 6.45) is 0. The lowest BCUT2D eigenvalue weighted by Crippen LogP contribution is -1.79. The van der Waals surface area contributed by atoms with E-state index in [0.29, 0.717) is 20.6 Å². The highest BCUT2D eigenvalue weighted by Gasteiger charge is 2.01. The molecule has 0 saturated heterocycles. The lowest BCUT2D eigenvalue weighted by atomic mass is 10.4. The van der Waals surface area contributed by atoms with Crippen molar-refractivity contribution in [1.29, 1.82) is 0 Å². The van der Waals surface area contributed by atoms with Crippen LogP contribution in [0.5, 0.6) is 0 Å². The second kappa shape index (κ2) is 14.5. The molecule has 2 aromatic heterocycles. The van der Waals surface area contributed by atoms with Crippen molar-refractivity contribution in [2.24, 2.45) is 0 Å². The highest BCUT2D eigenvalue weighted by molar-refractivity contribution is 14.1. The van der Waals surface area contributed by atoms with E-state index in [1.807, 2.05) is 60.7 Å². The Kier molecular flexibility index (Phi) is 12.4. The zero-order valence-corrected chi connectivity index (χ0v) is 22.6. The highest BCUT2D eigenvalue weighted by Crippen LogP contribution is 2.30. The maximum absolute atomic E-state index is 5.81. The van der Waals surface area contributed by atoms with Gasteiger partial charge in [-0.15, -0.1) is 12.6 Å². The molecule has 2 nitrogen and oxygen atoms in total. The Morgan fingerprint density at radius 2 is 1.03 bits per heavy atom. The number of rotatable bonds is 2. The van der Waals surface area contributed by atoms with Gasteiger partial charge in [-0.1, -0.05) is 94.6 Å². The molecule has 2 aromatic carbocycles. The van der Waals surface area contributed by atoms with Crippen LogP contribution in [0.2, 0.25) is 20.6 Å². The topological polar surface area (TPSA) is 25.8 Å². The zero-order valence-electron chi connectivity index (χ0n) is 15.7. The SMILES string of the molecule is Clc1cc(I)cc(Cl)n1.Clc1cc(Sc2ccccc2)cc(Cl)n1.Sc1ccccc1. The normalized spacial score (nSPS) is 9.74. The number of hydrogen-bond acceptors (Lipinski definition) is 4. The minimum absolute atomic E-state index is 0.418. The van der Waals surface area contributed by atoms with Crippen molar-refractivity contribution >= 4 is 93.4 Å². The van der Waals surface area contributed by atoms with Crippen LogP contribution in [0.4, 0.5) is 0 Å². The van der Waals surface area contributed by atoms with Gasteiger partial charge in [-0.3, -0.25) is 0 Å². The predicted molar refractivity (Wildman–Crippen MR) is 145 cm³/mol. The summed E-state index contributed by atoms with van der Waals surface area (Å²) in [7, 11) is 0. The second-order valence-electron chi connectivity index (χ2n) is 5.63. The van der Waals surface area contributed by atoms with E-state index < -0.39 is 0 Å². The fourth-order valence-corrected chi connectivity index (χ4v) is 5.08. The van der Waals surface area contributed by atoms with Gasteiger partial charge in [-0.05, 0) is 71.1 Å². The third-order valence-corrected chi connectivity index (χ3v) is 5.87. The Morgan fingerprint density at radius 3 is 1.42 bits per heavy atom. The molecule has 0 fully saturated rings. The predicted octanol–water partition coefficient (Wildman–Crippen LogP) is 9.51. The summed E-state index contributed by atoms with van der Waals surface area (Å²) in [6.45, 7) is 0. The van der Waals surface area contributed by atoms with Crippen LogP contribution in [-0.2, 0) is 0 Å². The van der Waals surface area contributed by atoms with Gasteiger partial charge in [0.1, 0.15) is 20.6 Å². The van der Waals surface area contributed by atoms with Crippen molar-refractivity contribution in [2.45, 2.75) is 14.7 Å². The highest BCUT2D eigenvalue weighted by atomic mass is 127. The summed E-state index contributed by atoms with van der Waals surface area (Å²) in [6, 6.07) is 26.9. The van der Waals surface area contributed by atoms with Gasteiger partial charge in [-0.2, -0.15) is 0 Å². The monoisotopic (exact) mass is 638 g/mol. The molecule has 0 atom stereocenters. The van der Waals surface area contributed by atoms with E-state index in [1.54, 1.807) is 36.0 Å². The van der Waals surface area contributed by atoms with Gasteiger partial charge in [0, 0.05) is 18.3 Å². The van der Waals surface area contributed by atoms with E-state index in [1.165, 1.54) is 0 Å². The fourth-order valence-electron chi connectivity index (χ4n) is 1.99. The standard InChI is InChI=1S/C11H7Cl2NS.C6H6S.C5H2Cl2IN/c12-10-6-9(7-11(13)14-10)15-8-4-2-1-3-5-8;7-6-4-2-1-3-5-6;6-4-1-3(8)2-5(7)9-4/h1-7H;1-5,7H;1-2H. The molecule has 9 heteroatoms. The average molecular weight is 640 g/mol. The van der Waals surface area contributed by atoms with E-state index in [4.69, 9.17) is 46.4 Å². The van der Waals surface area contributed by atoms with E-state index in [-0.39, 0.29) is 0 Å². The van der Waals surface area contributed by atoms with Gasteiger partial charge >= 0.3 is 0 Å². The van der Waals surface area contributed by atoms with Crippen molar-refractivity contribution in [1.82, 2.24) is 9.97 Å². The molecule has 31 heavy (non-hydrogen) atoms. The molecule has 0 radical (unpaired) electrons. The second-order valence-corrected chi connectivity index (χ2v) is 10.1. The van der Waals surface area contributed by atoms with Crippen molar-refractivity contribution in [2.75, 3.05) is 0 Å². The number of halogens is 5. The van der Waals surface area contributed by atoms with Crippen molar-refractivity contribution < 1.29 is 0 Å². The van der Waals surface area contributed by atoms with Gasteiger partial charge in [0.2, 0.25) is 0 Å². The summed E-state index contributed by atoms with van der Waals surface area (Å²) in [5.41, 5.74) is 0. The van der Waals surface area contributed by atoms with Gasteiger partial charge < -0.3 is 0 Å². The summed E-state index contributed by atoms with van der Waals surface area (Å²) in [5.74, 6) is 0. The van der Waals surface area contributed by atoms with Crippen LogP contribution in [0.3, 0.4) is 0 Å². The Bertz CT molecular complexity index is 1020. The quantitative estimate of drug-likeness (QED) is 0.134. The minimum Gasteiger partial charge on any atom is -0.224 e. The van der Waals surface area contributed by atoms with Crippen LogP contribution in [-0.4, -0.2) is 9.97 Å². The summed E-state index contributed by atoms with van der Waals surface area (Å²) >= 11 is 30.5. The smallest absolute Gasteiger partial charge is 0.131 e. The molecule has 4 aromatic rings. The van der Waals surface area contributed by atoms with Crippen molar-refractivity contribution in [3.8, 4) is 0 Å². The number of benzene rings is 2. The third-order valence-electron chi connectivity index (χ3n) is 3.20. The summed E-state index contributed by atoms with van der Waals surface area (Å²) < 4.78 is 0.998. The largest absolute Gasteiger partial charge is 0.224 e. The molecule has 4 rings (SSSR count). The number of pyridine rings is 2. The molecular formula is C22H15Cl4IN2S2. The van der Waals surface area contributed by atoms with Crippen LogP contribution in [0.25, 0.3) is 0 Å². The first-order chi connectivity index (χ1) is 14.8. The molecular weight excluding hydrogens is 625 g/mol. The van der Waals surface area contributed by atoms with Crippen LogP contribution in [0, 0.1) is 3.57 Å². The van der Waals surface area contributed by atoms with E-state index in [9.17, 15) is 0 Å². The van der Waals surface area contributed by atoms with Crippen molar-refractivity contribution in [3.05, 3.63) is 109 Å². The maximum Gasteiger partial charge on any atom is 0.131 e. The molecule has 0 N–H and O–H groups in total. The molecule has 0 aliphatic rings. The van der Waals surface area contributed by atoms with Crippen LogP contribution in [0.15, 0.2) is 99.6 Å². The van der Waals surface area contributed by atoms with Gasteiger partial charge in [0.15, 0.2) is 0 Å². The summed E-state index contributed by atoms with van der Waals surface area (Å²) in [5, 5.41) is 1.71. The van der Waals surface area contributed by atoms with Crippen LogP contribution >= 0.6 is 93.4 Å². The first-order valence-electron chi connectivity index (χ1n) is 8.60. The first kappa shape index (κ1) is 26.6. The van der Waals surface area contributed by atoms with Crippen molar-refractivity contribution in [3.63, 3.8) is 0 Å². The van der Waals surface area contributed by atoms with Crippen LogP contribution < -0.4 is 0 Å². The number of hydrogen-bond donors (Lipinski definition) is 1. The zero-order chi connectivity index (χ0) is 22.6. The van der Waals surface area contributed by atoms with E-state index in [2.05, 4.69) is 45.2 Å². The first-order valence-corrected chi connectivity index (χ1v) is 12.5. The molecule has 0 aliphatic carbocycles. The lowest BCUT2D eigenvalue weighted by Gasteiger charge is -2.02. The number of aromatic nitrogens is 2. The fraction of sp³-hybridized carbons (Fsp3) is 0.